The number of carbonyl (C=O) groups is 2. The number of nitrogens with zero attached hydrogens (tertiary/aromatic N) is 3. The van der Waals surface area contributed by atoms with Crippen molar-refractivity contribution < 1.29 is 14.3 Å². The van der Waals surface area contributed by atoms with Crippen LogP contribution in [0, 0.1) is 25.2 Å². The van der Waals surface area contributed by atoms with Gasteiger partial charge in [-0.05, 0) is 56.3 Å². The SMILES string of the molecule is Cc1nn(-c2ccc(C(=O)OCC(=O)Nc3cccc(C#N)c3)cc2)c(C)c1Cl. The summed E-state index contributed by atoms with van der Waals surface area (Å²) in [5, 5.41) is 16.4. The maximum Gasteiger partial charge on any atom is 0.338 e. The average molecular weight is 409 g/mol. The van der Waals surface area contributed by atoms with Gasteiger partial charge in [-0.1, -0.05) is 17.7 Å². The van der Waals surface area contributed by atoms with Crippen molar-refractivity contribution in [1.82, 2.24) is 9.78 Å². The molecule has 0 aliphatic rings. The van der Waals surface area contributed by atoms with Crippen LogP contribution in [-0.2, 0) is 9.53 Å². The zero-order valence-electron chi connectivity index (χ0n) is 15.8. The van der Waals surface area contributed by atoms with Gasteiger partial charge in [0.25, 0.3) is 5.91 Å². The van der Waals surface area contributed by atoms with Gasteiger partial charge in [0.2, 0.25) is 0 Å². The Balaban J connectivity index is 1.60. The summed E-state index contributed by atoms with van der Waals surface area (Å²) in [7, 11) is 0. The molecule has 0 saturated heterocycles. The fraction of sp³-hybridized carbons (Fsp3) is 0.143. The number of benzene rings is 2. The molecule has 0 atom stereocenters. The van der Waals surface area contributed by atoms with Gasteiger partial charge in [-0.3, -0.25) is 4.79 Å². The van der Waals surface area contributed by atoms with E-state index in [0.717, 1.165) is 17.1 Å². The second-order valence-corrected chi connectivity index (χ2v) is 6.64. The van der Waals surface area contributed by atoms with Gasteiger partial charge in [0.1, 0.15) is 0 Å². The summed E-state index contributed by atoms with van der Waals surface area (Å²) < 4.78 is 6.74. The average Bonchev–Trinajstić information content (AvgIpc) is 2.99. The Hall–Kier alpha value is -3.63. The number of rotatable bonds is 5. The maximum absolute atomic E-state index is 12.2. The Bertz CT molecular complexity index is 1110. The molecule has 0 aliphatic heterocycles. The Morgan fingerprint density at radius 3 is 2.55 bits per heavy atom. The van der Waals surface area contributed by atoms with Gasteiger partial charge in [0.15, 0.2) is 6.61 Å². The van der Waals surface area contributed by atoms with Crippen LogP contribution in [0.2, 0.25) is 5.02 Å². The second kappa shape index (κ2) is 8.59. The van der Waals surface area contributed by atoms with E-state index in [1.54, 1.807) is 47.1 Å². The third-order valence-corrected chi connectivity index (χ3v) is 4.71. The van der Waals surface area contributed by atoms with E-state index < -0.39 is 18.5 Å². The van der Waals surface area contributed by atoms with Gasteiger partial charge in [0.05, 0.1) is 39.3 Å². The number of carbonyl (C=O) groups excluding carboxylic acids is 2. The molecule has 0 aliphatic carbocycles. The Labute approximate surface area is 172 Å². The highest BCUT2D eigenvalue weighted by Gasteiger charge is 2.13. The molecular formula is C21H17ClN4O3. The second-order valence-electron chi connectivity index (χ2n) is 6.26. The van der Waals surface area contributed by atoms with Crippen LogP contribution in [-0.4, -0.2) is 28.3 Å². The Morgan fingerprint density at radius 2 is 1.93 bits per heavy atom. The molecule has 29 heavy (non-hydrogen) atoms. The van der Waals surface area contributed by atoms with Crippen LogP contribution in [0.1, 0.15) is 27.3 Å². The van der Waals surface area contributed by atoms with Crippen LogP contribution in [0.3, 0.4) is 0 Å². The minimum atomic E-state index is -0.621. The smallest absolute Gasteiger partial charge is 0.338 e. The van der Waals surface area contributed by atoms with Crippen molar-refractivity contribution in [1.29, 1.82) is 5.26 Å². The van der Waals surface area contributed by atoms with Crippen molar-refractivity contribution in [2.75, 3.05) is 11.9 Å². The summed E-state index contributed by atoms with van der Waals surface area (Å²) in [4.78, 5) is 24.1. The van der Waals surface area contributed by atoms with Crippen LogP contribution in [0.15, 0.2) is 48.5 Å². The minimum Gasteiger partial charge on any atom is -0.452 e. The number of aryl methyl sites for hydroxylation is 1. The quantitative estimate of drug-likeness (QED) is 0.647. The summed E-state index contributed by atoms with van der Waals surface area (Å²) in [6.45, 7) is 3.24. The highest BCUT2D eigenvalue weighted by Crippen LogP contribution is 2.22. The van der Waals surface area contributed by atoms with Crippen molar-refractivity contribution in [3.63, 3.8) is 0 Å². The van der Waals surface area contributed by atoms with E-state index in [2.05, 4.69) is 10.4 Å². The summed E-state index contributed by atoms with van der Waals surface area (Å²) >= 11 is 6.16. The Kier molecular flexibility index (Phi) is 5.96. The third kappa shape index (κ3) is 4.62. The number of nitrogens with one attached hydrogen (secondary N) is 1. The van der Waals surface area contributed by atoms with Gasteiger partial charge in [-0.15, -0.1) is 0 Å². The number of ether oxygens (including phenoxy) is 1. The fourth-order valence-corrected chi connectivity index (χ4v) is 2.81. The van der Waals surface area contributed by atoms with E-state index in [-0.39, 0.29) is 0 Å². The summed E-state index contributed by atoms with van der Waals surface area (Å²) in [5.74, 6) is -1.12. The van der Waals surface area contributed by atoms with Crippen molar-refractivity contribution in [3.8, 4) is 11.8 Å². The van der Waals surface area contributed by atoms with E-state index in [0.29, 0.717) is 21.8 Å². The van der Waals surface area contributed by atoms with Crippen LogP contribution >= 0.6 is 11.6 Å². The van der Waals surface area contributed by atoms with E-state index in [4.69, 9.17) is 21.6 Å². The number of hydrogen-bond acceptors (Lipinski definition) is 5. The zero-order chi connectivity index (χ0) is 21.0. The molecule has 2 aromatic carbocycles. The number of nitriles is 1. The van der Waals surface area contributed by atoms with Gasteiger partial charge in [-0.25, -0.2) is 9.48 Å². The lowest BCUT2D eigenvalue weighted by Crippen LogP contribution is -2.21. The first-order valence-electron chi connectivity index (χ1n) is 8.68. The minimum absolute atomic E-state index is 0.306. The number of halogens is 1. The molecule has 0 unspecified atom stereocenters. The lowest BCUT2D eigenvalue weighted by molar-refractivity contribution is -0.119. The van der Waals surface area contributed by atoms with E-state index in [1.165, 1.54) is 6.07 Å². The van der Waals surface area contributed by atoms with Gasteiger partial charge >= 0.3 is 5.97 Å². The molecule has 0 saturated carbocycles. The van der Waals surface area contributed by atoms with Crippen LogP contribution in [0.25, 0.3) is 5.69 Å². The largest absolute Gasteiger partial charge is 0.452 e. The standard InChI is InChI=1S/C21H17ClN4O3/c1-13-20(22)14(2)26(25-13)18-8-6-16(7-9-18)21(28)29-12-19(27)24-17-5-3-4-15(10-17)11-23/h3-10H,12H2,1-2H3,(H,24,27). The molecule has 0 fully saturated rings. The molecule has 1 heterocycles. The molecule has 8 heteroatoms. The molecule has 1 N–H and O–H groups in total. The zero-order valence-corrected chi connectivity index (χ0v) is 16.5. The lowest BCUT2D eigenvalue weighted by Gasteiger charge is -2.08. The van der Waals surface area contributed by atoms with Gasteiger partial charge in [0, 0.05) is 5.69 Å². The first-order valence-corrected chi connectivity index (χ1v) is 9.06. The predicted octanol–water partition coefficient (Wildman–Crippen LogP) is 3.81. The monoisotopic (exact) mass is 408 g/mol. The molecule has 3 aromatic rings. The van der Waals surface area contributed by atoms with Crippen molar-refractivity contribution in [3.05, 3.63) is 76.1 Å². The molecule has 0 spiro atoms. The molecular weight excluding hydrogens is 392 g/mol. The number of hydrogen-bond donors (Lipinski definition) is 1. The van der Waals surface area contributed by atoms with Crippen molar-refractivity contribution >= 4 is 29.2 Å². The molecule has 7 nitrogen and oxygen atoms in total. The Morgan fingerprint density at radius 1 is 1.21 bits per heavy atom. The molecule has 0 radical (unpaired) electrons. The number of amides is 1. The topological polar surface area (TPSA) is 97.0 Å². The maximum atomic E-state index is 12.2. The lowest BCUT2D eigenvalue weighted by atomic mass is 10.2. The van der Waals surface area contributed by atoms with E-state index in [9.17, 15) is 9.59 Å². The van der Waals surface area contributed by atoms with E-state index >= 15 is 0 Å². The van der Waals surface area contributed by atoms with Crippen LogP contribution in [0.4, 0.5) is 5.69 Å². The summed E-state index contributed by atoms with van der Waals surface area (Å²) in [6, 6.07) is 15.1. The summed E-state index contributed by atoms with van der Waals surface area (Å²) in [5.41, 5.74) is 3.46. The normalized spacial score (nSPS) is 10.3. The molecule has 146 valence electrons. The molecule has 3 rings (SSSR count). The fourth-order valence-electron chi connectivity index (χ4n) is 2.69. The molecule has 1 aromatic heterocycles. The number of aromatic nitrogens is 2. The highest BCUT2D eigenvalue weighted by atomic mass is 35.5. The van der Waals surface area contributed by atoms with Gasteiger partial charge in [-0.2, -0.15) is 10.4 Å². The summed E-state index contributed by atoms with van der Waals surface area (Å²) in [6.07, 6.45) is 0. The van der Waals surface area contributed by atoms with Crippen LogP contribution < -0.4 is 5.32 Å². The first-order chi connectivity index (χ1) is 13.9. The van der Waals surface area contributed by atoms with Crippen LogP contribution in [0.5, 0.6) is 0 Å². The highest BCUT2D eigenvalue weighted by molar-refractivity contribution is 6.31. The van der Waals surface area contributed by atoms with Crippen molar-refractivity contribution in [2.45, 2.75) is 13.8 Å². The van der Waals surface area contributed by atoms with Gasteiger partial charge < -0.3 is 10.1 Å². The number of anilines is 1. The molecule has 1 amide bonds. The first kappa shape index (κ1) is 20.1. The van der Waals surface area contributed by atoms with E-state index in [1.807, 2.05) is 19.9 Å². The third-order valence-electron chi connectivity index (χ3n) is 4.16. The van der Waals surface area contributed by atoms with Crippen molar-refractivity contribution in [2.24, 2.45) is 0 Å². The number of esters is 1. The molecule has 0 bridgehead atoms. The predicted molar refractivity (Wildman–Crippen MR) is 108 cm³/mol.